The summed E-state index contributed by atoms with van der Waals surface area (Å²) in [6.07, 6.45) is 9.95. The number of nitrogens with one attached hydrogen (secondary N) is 1. The lowest BCUT2D eigenvalue weighted by Gasteiger charge is -2.38. The Hall–Kier alpha value is -0.770. The predicted molar refractivity (Wildman–Crippen MR) is 91.2 cm³/mol. The maximum absolute atomic E-state index is 5.02. The van der Waals surface area contributed by atoms with Crippen LogP contribution < -0.4 is 5.32 Å². The Bertz CT molecular complexity index is 425. The molecular formula is C18H32N4. The van der Waals surface area contributed by atoms with Crippen LogP contribution in [0.3, 0.4) is 0 Å². The highest BCUT2D eigenvalue weighted by Crippen LogP contribution is 2.47. The first-order valence-electron chi connectivity index (χ1n) is 9.55. The van der Waals surface area contributed by atoms with Gasteiger partial charge in [0.05, 0.1) is 0 Å². The molecule has 22 heavy (non-hydrogen) atoms. The number of guanidine groups is 1. The van der Waals surface area contributed by atoms with Crippen molar-refractivity contribution in [3.8, 4) is 0 Å². The summed E-state index contributed by atoms with van der Waals surface area (Å²) in [5, 5.41) is 3.54. The summed E-state index contributed by atoms with van der Waals surface area (Å²) >= 11 is 0. The molecule has 4 rings (SSSR count). The van der Waals surface area contributed by atoms with Crippen molar-refractivity contribution in [2.24, 2.45) is 16.3 Å². The average Bonchev–Trinajstić information content (AvgIpc) is 3.06. The van der Waals surface area contributed by atoms with Crippen LogP contribution in [-0.2, 0) is 0 Å². The van der Waals surface area contributed by atoms with Gasteiger partial charge < -0.3 is 15.1 Å². The number of hydrogen-bond acceptors (Lipinski definition) is 2. The van der Waals surface area contributed by atoms with Crippen LogP contribution in [0.15, 0.2) is 4.99 Å². The van der Waals surface area contributed by atoms with Crippen LogP contribution in [-0.4, -0.2) is 61.1 Å². The highest BCUT2D eigenvalue weighted by molar-refractivity contribution is 5.80. The summed E-state index contributed by atoms with van der Waals surface area (Å²) in [6.45, 7) is 9.26. The minimum atomic E-state index is 0.659. The Morgan fingerprint density at radius 1 is 1.18 bits per heavy atom. The van der Waals surface area contributed by atoms with Crippen LogP contribution in [0.2, 0.25) is 0 Å². The van der Waals surface area contributed by atoms with E-state index in [0.717, 1.165) is 25.0 Å². The summed E-state index contributed by atoms with van der Waals surface area (Å²) in [7, 11) is 0. The van der Waals surface area contributed by atoms with E-state index in [0.29, 0.717) is 5.41 Å². The quantitative estimate of drug-likeness (QED) is 0.639. The van der Waals surface area contributed by atoms with Crippen molar-refractivity contribution in [3.05, 3.63) is 0 Å². The Labute approximate surface area is 135 Å². The van der Waals surface area contributed by atoms with Crippen molar-refractivity contribution < 1.29 is 0 Å². The SMILES string of the molecule is CCNC(=NCC1CCN(C2CC2)C1)N1CCC2(CCC2)C1. The Balaban J connectivity index is 1.32. The molecule has 2 saturated carbocycles. The molecule has 0 bridgehead atoms. The first-order chi connectivity index (χ1) is 10.8. The second kappa shape index (κ2) is 6.03. The van der Waals surface area contributed by atoms with Crippen molar-refractivity contribution in [3.63, 3.8) is 0 Å². The molecule has 4 heteroatoms. The second-order valence-corrected chi connectivity index (χ2v) is 8.10. The third-order valence-electron chi connectivity index (χ3n) is 6.37. The summed E-state index contributed by atoms with van der Waals surface area (Å²) in [5.41, 5.74) is 0.659. The van der Waals surface area contributed by atoms with Gasteiger partial charge in [0.1, 0.15) is 0 Å². The third-order valence-corrected chi connectivity index (χ3v) is 6.37. The fourth-order valence-corrected chi connectivity index (χ4v) is 4.63. The zero-order valence-corrected chi connectivity index (χ0v) is 14.2. The van der Waals surface area contributed by atoms with Crippen LogP contribution in [0.4, 0.5) is 0 Å². The highest BCUT2D eigenvalue weighted by atomic mass is 15.3. The molecule has 1 atom stereocenters. The molecule has 2 aliphatic carbocycles. The minimum absolute atomic E-state index is 0.659. The van der Waals surface area contributed by atoms with Gasteiger partial charge in [-0.2, -0.15) is 0 Å². The molecule has 2 saturated heterocycles. The normalized spacial score (nSPS) is 31.8. The lowest BCUT2D eigenvalue weighted by molar-refractivity contribution is 0.151. The summed E-state index contributed by atoms with van der Waals surface area (Å²) in [6, 6.07) is 0.930. The van der Waals surface area contributed by atoms with E-state index >= 15 is 0 Å². The van der Waals surface area contributed by atoms with E-state index in [4.69, 9.17) is 4.99 Å². The van der Waals surface area contributed by atoms with E-state index in [1.165, 1.54) is 77.1 Å². The molecule has 124 valence electrons. The van der Waals surface area contributed by atoms with Gasteiger partial charge in [0.15, 0.2) is 5.96 Å². The molecule has 0 aromatic heterocycles. The standard InChI is InChI=1S/C18H32N4/c1-2-19-17(22-11-9-18(14-22)7-3-8-18)20-12-15-6-10-21(13-15)16-4-5-16/h15-16H,2-14H2,1H3,(H,19,20). The number of rotatable bonds is 4. The monoisotopic (exact) mass is 304 g/mol. The molecule has 2 heterocycles. The van der Waals surface area contributed by atoms with Crippen molar-refractivity contribution in [2.75, 3.05) is 39.3 Å². The first kappa shape index (κ1) is 14.8. The lowest BCUT2D eigenvalue weighted by Crippen LogP contribution is -2.42. The van der Waals surface area contributed by atoms with Gasteiger partial charge >= 0.3 is 0 Å². The van der Waals surface area contributed by atoms with Gasteiger partial charge in [0.2, 0.25) is 0 Å². The molecule has 1 N–H and O–H groups in total. The molecule has 4 fully saturated rings. The van der Waals surface area contributed by atoms with Gasteiger partial charge in [-0.1, -0.05) is 6.42 Å². The Morgan fingerprint density at radius 3 is 2.68 bits per heavy atom. The molecule has 0 radical (unpaired) electrons. The van der Waals surface area contributed by atoms with Gasteiger partial charge in [-0.25, -0.2) is 0 Å². The lowest BCUT2D eigenvalue weighted by atomic mass is 9.68. The van der Waals surface area contributed by atoms with Crippen LogP contribution >= 0.6 is 0 Å². The second-order valence-electron chi connectivity index (χ2n) is 8.10. The van der Waals surface area contributed by atoms with Gasteiger partial charge in [-0.05, 0) is 63.3 Å². The van der Waals surface area contributed by atoms with Crippen molar-refractivity contribution in [1.82, 2.24) is 15.1 Å². The van der Waals surface area contributed by atoms with Crippen LogP contribution in [0.25, 0.3) is 0 Å². The average molecular weight is 304 g/mol. The maximum atomic E-state index is 5.02. The molecule has 0 amide bonds. The van der Waals surface area contributed by atoms with E-state index in [9.17, 15) is 0 Å². The Morgan fingerprint density at radius 2 is 2.05 bits per heavy atom. The van der Waals surface area contributed by atoms with Crippen molar-refractivity contribution in [1.29, 1.82) is 0 Å². The fourth-order valence-electron chi connectivity index (χ4n) is 4.63. The minimum Gasteiger partial charge on any atom is -0.357 e. The molecule has 4 aliphatic rings. The maximum Gasteiger partial charge on any atom is 0.193 e. The van der Waals surface area contributed by atoms with Gasteiger partial charge in [0.25, 0.3) is 0 Å². The molecule has 4 nitrogen and oxygen atoms in total. The largest absolute Gasteiger partial charge is 0.357 e. The van der Waals surface area contributed by atoms with Crippen LogP contribution in [0.1, 0.15) is 51.9 Å². The van der Waals surface area contributed by atoms with E-state index in [1.807, 2.05) is 0 Å². The van der Waals surface area contributed by atoms with Gasteiger partial charge in [-0.15, -0.1) is 0 Å². The first-order valence-corrected chi connectivity index (χ1v) is 9.55. The van der Waals surface area contributed by atoms with E-state index in [-0.39, 0.29) is 0 Å². The third kappa shape index (κ3) is 2.99. The summed E-state index contributed by atoms with van der Waals surface area (Å²) < 4.78 is 0. The van der Waals surface area contributed by atoms with Crippen molar-refractivity contribution in [2.45, 2.75) is 57.9 Å². The summed E-state index contributed by atoms with van der Waals surface area (Å²) in [5.74, 6) is 1.98. The zero-order chi connectivity index (χ0) is 15.0. The van der Waals surface area contributed by atoms with E-state index in [2.05, 4.69) is 22.0 Å². The van der Waals surface area contributed by atoms with Gasteiger partial charge in [0, 0.05) is 38.8 Å². The predicted octanol–water partition coefficient (Wildman–Crippen LogP) is 2.31. The van der Waals surface area contributed by atoms with E-state index in [1.54, 1.807) is 0 Å². The molecule has 0 aromatic rings. The van der Waals surface area contributed by atoms with Crippen LogP contribution in [0, 0.1) is 11.3 Å². The molecular weight excluding hydrogens is 272 g/mol. The highest BCUT2D eigenvalue weighted by Gasteiger charge is 2.43. The number of nitrogens with zero attached hydrogens (tertiary/aromatic N) is 3. The molecule has 2 aliphatic heterocycles. The Kier molecular flexibility index (Phi) is 4.05. The number of hydrogen-bond donors (Lipinski definition) is 1. The topological polar surface area (TPSA) is 30.9 Å². The molecule has 1 unspecified atom stereocenters. The number of likely N-dealkylation sites (tertiary alicyclic amines) is 2. The molecule has 1 spiro atoms. The fraction of sp³-hybridized carbons (Fsp3) is 0.944. The smallest absolute Gasteiger partial charge is 0.193 e. The number of aliphatic imine (C=N–C) groups is 1. The van der Waals surface area contributed by atoms with Crippen molar-refractivity contribution >= 4 is 5.96 Å². The zero-order valence-electron chi connectivity index (χ0n) is 14.2. The molecule has 0 aromatic carbocycles. The summed E-state index contributed by atoms with van der Waals surface area (Å²) in [4.78, 5) is 10.3. The van der Waals surface area contributed by atoms with Gasteiger partial charge in [-0.3, -0.25) is 4.99 Å². The van der Waals surface area contributed by atoms with Crippen LogP contribution in [0.5, 0.6) is 0 Å². The van der Waals surface area contributed by atoms with E-state index < -0.39 is 0 Å².